The van der Waals surface area contributed by atoms with Crippen LogP contribution in [0.2, 0.25) is 0 Å². The van der Waals surface area contributed by atoms with Crippen LogP contribution in [0.4, 0.5) is 5.95 Å². The van der Waals surface area contributed by atoms with E-state index in [-0.39, 0.29) is 6.29 Å². The Bertz CT molecular complexity index is 259. The van der Waals surface area contributed by atoms with E-state index in [1.54, 1.807) is 26.6 Å². The Hall–Kier alpha value is -1.20. The fraction of sp³-hybridized carbons (Fsp3) is 0.556. The first kappa shape index (κ1) is 10.9. The average molecular weight is 197 g/mol. The summed E-state index contributed by atoms with van der Waals surface area (Å²) >= 11 is 0. The second kappa shape index (κ2) is 5.51. The van der Waals surface area contributed by atoms with Gasteiger partial charge in [0.2, 0.25) is 5.95 Å². The van der Waals surface area contributed by atoms with Crippen LogP contribution in [0.5, 0.6) is 0 Å². The minimum atomic E-state index is -0.278. The van der Waals surface area contributed by atoms with Gasteiger partial charge < -0.3 is 14.8 Å². The van der Waals surface area contributed by atoms with Gasteiger partial charge in [0, 0.05) is 26.6 Å². The maximum Gasteiger partial charge on any atom is 0.222 e. The number of nitrogens with zero attached hydrogens (tertiary/aromatic N) is 2. The van der Waals surface area contributed by atoms with Crippen molar-refractivity contribution in [3.8, 4) is 0 Å². The fourth-order valence-electron chi connectivity index (χ4n) is 0.921. The van der Waals surface area contributed by atoms with Gasteiger partial charge in [-0.15, -0.1) is 0 Å². The van der Waals surface area contributed by atoms with Crippen molar-refractivity contribution >= 4 is 5.95 Å². The Morgan fingerprint density at radius 2 is 1.86 bits per heavy atom. The van der Waals surface area contributed by atoms with Crippen molar-refractivity contribution in [3.05, 3.63) is 18.0 Å². The molecule has 1 N–H and O–H groups in total. The monoisotopic (exact) mass is 197 g/mol. The molecule has 0 amide bonds. The number of hydrogen-bond donors (Lipinski definition) is 1. The molecule has 1 heterocycles. The quantitative estimate of drug-likeness (QED) is 0.708. The van der Waals surface area contributed by atoms with Crippen molar-refractivity contribution in [2.75, 3.05) is 26.1 Å². The summed E-state index contributed by atoms with van der Waals surface area (Å²) in [6.07, 6.45) is 3.23. The van der Waals surface area contributed by atoms with E-state index in [2.05, 4.69) is 15.3 Å². The van der Waals surface area contributed by atoms with Crippen LogP contribution in [-0.4, -0.2) is 37.0 Å². The van der Waals surface area contributed by atoms with E-state index in [1.807, 2.05) is 6.92 Å². The zero-order chi connectivity index (χ0) is 10.4. The SMILES string of the molecule is COC(CNc1ncc(C)cn1)OC. The summed E-state index contributed by atoms with van der Waals surface area (Å²) in [6, 6.07) is 0. The largest absolute Gasteiger partial charge is 0.354 e. The number of aromatic nitrogens is 2. The summed E-state index contributed by atoms with van der Waals surface area (Å²) in [5.74, 6) is 0.578. The van der Waals surface area contributed by atoms with Gasteiger partial charge in [0.05, 0.1) is 6.54 Å². The molecule has 1 aromatic heterocycles. The van der Waals surface area contributed by atoms with Crippen LogP contribution >= 0.6 is 0 Å². The smallest absolute Gasteiger partial charge is 0.222 e. The molecule has 1 aromatic rings. The van der Waals surface area contributed by atoms with E-state index in [9.17, 15) is 0 Å². The zero-order valence-electron chi connectivity index (χ0n) is 8.65. The standard InChI is InChI=1S/C9H15N3O2/c1-7-4-10-9(11-5-7)12-6-8(13-2)14-3/h4-5,8H,6H2,1-3H3,(H,10,11,12). The lowest BCUT2D eigenvalue weighted by atomic mass is 10.4. The van der Waals surface area contributed by atoms with E-state index >= 15 is 0 Å². The molecule has 0 aliphatic heterocycles. The van der Waals surface area contributed by atoms with Crippen LogP contribution in [-0.2, 0) is 9.47 Å². The van der Waals surface area contributed by atoms with Gasteiger partial charge in [0.1, 0.15) is 0 Å². The number of ether oxygens (including phenoxy) is 2. The molecule has 0 spiro atoms. The summed E-state index contributed by atoms with van der Waals surface area (Å²) in [6.45, 7) is 2.47. The molecule has 0 radical (unpaired) electrons. The minimum absolute atomic E-state index is 0.278. The molecule has 78 valence electrons. The molecule has 0 atom stereocenters. The second-order valence-electron chi connectivity index (χ2n) is 2.87. The number of rotatable bonds is 5. The van der Waals surface area contributed by atoms with Crippen molar-refractivity contribution in [1.82, 2.24) is 9.97 Å². The molecule has 0 aliphatic carbocycles. The van der Waals surface area contributed by atoms with Crippen LogP contribution in [0.25, 0.3) is 0 Å². The van der Waals surface area contributed by atoms with E-state index < -0.39 is 0 Å². The topological polar surface area (TPSA) is 56.3 Å². The predicted molar refractivity (Wildman–Crippen MR) is 53.1 cm³/mol. The predicted octanol–water partition coefficient (Wildman–Crippen LogP) is 0.816. The van der Waals surface area contributed by atoms with Crippen LogP contribution in [0, 0.1) is 6.92 Å². The Morgan fingerprint density at radius 3 is 2.36 bits per heavy atom. The van der Waals surface area contributed by atoms with Crippen LogP contribution in [0.1, 0.15) is 5.56 Å². The highest BCUT2D eigenvalue weighted by molar-refractivity contribution is 5.24. The van der Waals surface area contributed by atoms with Crippen molar-refractivity contribution in [2.45, 2.75) is 13.2 Å². The van der Waals surface area contributed by atoms with Crippen LogP contribution in [0.15, 0.2) is 12.4 Å². The van der Waals surface area contributed by atoms with Crippen LogP contribution < -0.4 is 5.32 Å². The number of anilines is 1. The van der Waals surface area contributed by atoms with E-state index in [1.165, 1.54) is 0 Å². The highest BCUT2D eigenvalue weighted by Gasteiger charge is 2.04. The van der Waals surface area contributed by atoms with Gasteiger partial charge in [-0.25, -0.2) is 9.97 Å². The van der Waals surface area contributed by atoms with Crippen molar-refractivity contribution in [3.63, 3.8) is 0 Å². The number of hydrogen-bond acceptors (Lipinski definition) is 5. The molecule has 0 aromatic carbocycles. The highest BCUT2D eigenvalue weighted by atomic mass is 16.7. The molecule has 0 saturated heterocycles. The summed E-state index contributed by atoms with van der Waals surface area (Å²) in [5.41, 5.74) is 1.03. The number of nitrogens with one attached hydrogen (secondary N) is 1. The zero-order valence-corrected chi connectivity index (χ0v) is 8.65. The van der Waals surface area contributed by atoms with Gasteiger partial charge >= 0.3 is 0 Å². The first-order valence-corrected chi connectivity index (χ1v) is 4.34. The molecule has 1 rings (SSSR count). The molecular weight excluding hydrogens is 182 g/mol. The van der Waals surface area contributed by atoms with Gasteiger partial charge in [0.15, 0.2) is 6.29 Å². The fourth-order valence-corrected chi connectivity index (χ4v) is 0.921. The normalized spacial score (nSPS) is 10.6. The lowest BCUT2D eigenvalue weighted by molar-refractivity contribution is -0.0914. The third kappa shape index (κ3) is 3.27. The maximum atomic E-state index is 5.00. The third-order valence-electron chi connectivity index (χ3n) is 1.73. The minimum Gasteiger partial charge on any atom is -0.354 e. The van der Waals surface area contributed by atoms with Gasteiger partial charge in [0.25, 0.3) is 0 Å². The van der Waals surface area contributed by atoms with E-state index in [0.29, 0.717) is 12.5 Å². The van der Waals surface area contributed by atoms with Crippen molar-refractivity contribution in [2.24, 2.45) is 0 Å². The van der Waals surface area contributed by atoms with Gasteiger partial charge in [-0.3, -0.25) is 0 Å². The molecule has 5 heteroatoms. The van der Waals surface area contributed by atoms with Crippen molar-refractivity contribution < 1.29 is 9.47 Å². The first-order valence-electron chi connectivity index (χ1n) is 4.34. The van der Waals surface area contributed by atoms with Gasteiger partial charge in [-0.05, 0) is 12.5 Å². The molecule has 0 fully saturated rings. The number of aryl methyl sites for hydroxylation is 1. The molecule has 0 bridgehead atoms. The highest BCUT2D eigenvalue weighted by Crippen LogP contribution is 1.99. The lowest BCUT2D eigenvalue weighted by Gasteiger charge is -2.13. The maximum absolute atomic E-state index is 5.00. The Labute approximate surface area is 83.5 Å². The molecule has 0 unspecified atom stereocenters. The van der Waals surface area contributed by atoms with Gasteiger partial charge in [-0.2, -0.15) is 0 Å². The first-order chi connectivity index (χ1) is 6.76. The molecule has 14 heavy (non-hydrogen) atoms. The summed E-state index contributed by atoms with van der Waals surface area (Å²) in [7, 11) is 3.18. The lowest BCUT2D eigenvalue weighted by Crippen LogP contribution is -2.24. The summed E-state index contributed by atoms with van der Waals surface area (Å²) in [4.78, 5) is 8.17. The molecule has 0 aliphatic rings. The molecular formula is C9H15N3O2. The van der Waals surface area contributed by atoms with Crippen LogP contribution in [0.3, 0.4) is 0 Å². The molecule has 0 saturated carbocycles. The average Bonchev–Trinajstić information content (AvgIpc) is 2.22. The summed E-state index contributed by atoms with van der Waals surface area (Å²) in [5, 5.41) is 3.00. The second-order valence-corrected chi connectivity index (χ2v) is 2.87. The van der Waals surface area contributed by atoms with E-state index in [0.717, 1.165) is 5.56 Å². The third-order valence-corrected chi connectivity index (χ3v) is 1.73. The summed E-state index contributed by atoms with van der Waals surface area (Å²) < 4.78 is 10.0. The van der Waals surface area contributed by atoms with Gasteiger partial charge in [-0.1, -0.05) is 0 Å². The van der Waals surface area contributed by atoms with Crippen molar-refractivity contribution in [1.29, 1.82) is 0 Å². The molecule has 5 nitrogen and oxygen atoms in total. The number of methoxy groups -OCH3 is 2. The van der Waals surface area contributed by atoms with E-state index in [4.69, 9.17) is 9.47 Å². The Balaban J connectivity index is 2.41. The Kier molecular flexibility index (Phi) is 4.28. The Morgan fingerprint density at radius 1 is 1.29 bits per heavy atom.